The number of rotatable bonds is 4. The molecular formula is C14H21N3. The summed E-state index contributed by atoms with van der Waals surface area (Å²) in [6.07, 6.45) is 8.40. The number of aromatic nitrogens is 2. The summed E-state index contributed by atoms with van der Waals surface area (Å²) in [5.41, 5.74) is 3.88. The van der Waals surface area contributed by atoms with Crippen molar-refractivity contribution in [3.63, 3.8) is 0 Å². The Hall–Kier alpha value is -1.38. The lowest BCUT2D eigenvalue weighted by atomic mass is 9.86. The SMILES string of the molecule is CCC1=NC(CC=C(C)c2cnn(C)c2)C1C. The van der Waals surface area contributed by atoms with Crippen LogP contribution in [0.3, 0.4) is 0 Å². The van der Waals surface area contributed by atoms with Crippen molar-refractivity contribution in [3.05, 3.63) is 24.0 Å². The number of aliphatic imine (C=N–C) groups is 1. The van der Waals surface area contributed by atoms with Gasteiger partial charge in [-0.1, -0.05) is 19.9 Å². The van der Waals surface area contributed by atoms with Crippen molar-refractivity contribution in [3.8, 4) is 0 Å². The topological polar surface area (TPSA) is 30.2 Å². The van der Waals surface area contributed by atoms with Crippen molar-refractivity contribution in [1.29, 1.82) is 0 Å². The van der Waals surface area contributed by atoms with Gasteiger partial charge in [0, 0.05) is 30.4 Å². The van der Waals surface area contributed by atoms with Gasteiger partial charge >= 0.3 is 0 Å². The summed E-state index contributed by atoms with van der Waals surface area (Å²) in [7, 11) is 1.95. The first-order valence-corrected chi connectivity index (χ1v) is 6.34. The van der Waals surface area contributed by atoms with Crippen LogP contribution < -0.4 is 0 Å². The minimum absolute atomic E-state index is 0.497. The van der Waals surface area contributed by atoms with Crippen LogP contribution in [-0.4, -0.2) is 21.5 Å². The van der Waals surface area contributed by atoms with E-state index in [4.69, 9.17) is 0 Å². The van der Waals surface area contributed by atoms with Crippen molar-refractivity contribution < 1.29 is 0 Å². The summed E-state index contributed by atoms with van der Waals surface area (Å²) >= 11 is 0. The average Bonchev–Trinajstić information content (AvgIpc) is 2.74. The minimum Gasteiger partial charge on any atom is -0.289 e. The van der Waals surface area contributed by atoms with E-state index in [2.05, 4.69) is 43.1 Å². The molecule has 1 aliphatic heterocycles. The number of hydrogen-bond donors (Lipinski definition) is 0. The molecule has 1 aromatic heterocycles. The Labute approximate surface area is 103 Å². The van der Waals surface area contributed by atoms with Crippen LogP contribution in [0, 0.1) is 5.92 Å². The molecule has 0 fully saturated rings. The van der Waals surface area contributed by atoms with Crippen LogP contribution in [0.25, 0.3) is 5.57 Å². The molecule has 0 bridgehead atoms. The van der Waals surface area contributed by atoms with Crippen molar-refractivity contribution in [2.24, 2.45) is 18.0 Å². The largest absolute Gasteiger partial charge is 0.289 e. The predicted molar refractivity (Wildman–Crippen MR) is 72.2 cm³/mol. The second kappa shape index (κ2) is 4.86. The van der Waals surface area contributed by atoms with Gasteiger partial charge in [0.25, 0.3) is 0 Å². The van der Waals surface area contributed by atoms with E-state index in [0.717, 1.165) is 12.8 Å². The van der Waals surface area contributed by atoms with Gasteiger partial charge in [-0.05, 0) is 25.3 Å². The molecular weight excluding hydrogens is 210 g/mol. The Kier molecular flexibility index (Phi) is 3.46. The molecule has 1 aromatic rings. The van der Waals surface area contributed by atoms with Crippen LogP contribution >= 0.6 is 0 Å². The molecule has 2 unspecified atom stereocenters. The second-order valence-corrected chi connectivity index (χ2v) is 4.86. The van der Waals surface area contributed by atoms with E-state index in [-0.39, 0.29) is 0 Å². The number of hydrogen-bond acceptors (Lipinski definition) is 2. The van der Waals surface area contributed by atoms with Crippen LogP contribution in [0.4, 0.5) is 0 Å². The highest BCUT2D eigenvalue weighted by Crippen LogP contribution is 2.27. The Morgan fingerprint density at radius 1 is 1.53 bits per heavy atom. The molecule has 17 heavy (non-hydrogen) atoms. The molecule has 2 rings (SSSR count). The zero-order valence-electron chi connectivity index (χ0n) is 11.1. The summed E-state index contributed by atoms with van der Waals surface area (Å²) in [6, 6.07) is 0.497. The third-order valence-corrected chi connectivity index (χ3v) is 3.62. The summed E-state index contributed by atoms with van der Waals surface area (Å²) in [4.78, 5) is 4.64. The third kappa shape index (κ3) is 2.48. The molecule has 0 N–H and O–H groups in total. The summed E-state index contributed by atoms with van der Waals surface area (Å²) in [6.45, 7) is 6.61. The van der Waals surface area contributed by atoms with Crippen LogP contribution in [0.5, 0.6) is 0 Å². The second-order valence-electron chi connectivity index (χ2n) is 4.86. The van der Waals surface area contributed by atoms with Gasteiger partial charge in [0.15, 0.2) is 0 Å². The van der Waals surface area contributed by atoms with Crippen LogP contribution in [0.15, 0.2) is 23.5 Å². The van der Waals surface area contributed by atoms with Crippen molar-refractivity contribution >= 4 is 11.3 Å². The van der Waals surface area contributed by atoms with Crippen molar-refractivity contribution in [2.45, 2.75) is 39.7 Å². The Morgan fingerprint density at radius 2 is 2.29 bits per heavy atom. The maximum atomic E-state index is 4.64. The zero-order chi connectivity index (χ0) is 12.4. The van der Waals surface area contributed by atoms with E-state index in [9.17, 15) is 0 Å². The Balaban J connectivity index is 1.96. The minimum atomic E-state index is 0.497. The lowest BCUT2D eigenvalue weighted by Crippen LogP contribution is -2.34. The normalized spacial score (nSPS) is 24.5. The van der Waals surface area contributed by atoms with Crippen molar-refractivity contribution in [2.75, 3.05) is 0 Å². The molecule has 0 radical (unpaired) electrons. The smallest absolute Gasteiger partial charge is 0.0611 e. The van der Waals surface area contributed by atoms with Gasteiger partial charge in [0.05, 0.1) is 12.2 Å². The molecule has 2 heterocycles. The summed E-state index contributed by atoms with van der Waals surface area (Å²) in [5, 5.41) is 4.19. The van der Waals surface area contributed by atoms with Gasteiger partial charge in [0.1, 0.15) is 0 Å². The van der Waals surface area contributed by atoms with Gasteiger partial charge in [-0.15, -0.1) is 0 Å². The standard InChI is InChI=1S/C14H21N3/c1-5-13-11(3)14(16-13)7-6-10(2)12-8-15-17(4)9-12/h6,8-9,11,14H,5,7H2,1-4H3. The van der Waals surface area contributed by atoms with Gasteiger partial charge in [0.2, 0.25) is 0 Å². The van der Waals surface area contributed by atoms with Crippen LogP contribution in [-0.2, 0) is 7.05 Å². The molecule has 92 valence electrons. The maximum Gasteiger partial charge on any atom is 0.0611 e. The molecule has 0 amide bonds. The maximum absolute atomic E-state index is 4.64. The zero-order valence-corrected chi connectivity index (χ0v) is 11.1. The fraction of sp³-hybridized carbons (Fsp3) is 0.571. The molecule has 0 saturated heterocycles. The molecule has 3 nitrogen and oxygen atoms in total. The summed E-state index contributed by atoms with van der Waals surface area (Å²) < 4.78 is 1.84. The lowest BCUT2D eigenvalue weighted by Gasteiger charge is -2.31. The first-order chi connectivity index (χ1) is 8.11. The van der Waals surface area contributed by atoms with E-state index in [1.165, 1.54) is 16.8 Å². The van der Waals surface area contributed by atoms with E-state index in [1.807, 2.05) is 17.9 Å². The molecule has 2 atom stereocenters. The van der Waals surface area contributed by atoms with Crippen LogP contribution in [0.2, 0.25) is 0 Å². The van der Waals surface area contributed by atoms with Gasteiger partial charge in [-0.25, -0.2) is 0 Å². The molecule has 0 saturated carbocycles. The number of nitrogens with zero attached hydrogens (tertiary/aromatic N) is 3. The van der Waals surface area contributed by atoms with E-state index in [0.29, 0.717) is 12.0 Å². The third-order valence-electron chi connectivity index (χ3n) is 3.62. The van der Waals surface area contributed by atoms with Crippen LogP contribution in [0.1, 0.15) is 39.2 Å². The Morgan fingerprint density at radius 3 is 2.82 bits per heavy atom. The highest BCUT2D eigenvalue weighted by molar-refractivity contribution is 5.91. The van der Waals surface area contributed by atoms with Gasteiger partial charge < -0.3 is 0 Å². The quantitative estimate of drug-likeness (QED) is 0.783. The first-order valence-electron chi connectivity index (χ1n) is 6.34. The molecule has 3 heteroatoms. The predicted octanol–water partition coefficient (Wildman–Crippen LogP) is 3.08. The first kappa shape index (κ1) is 12.1. The number of allylic oxidation sites excluding steroid dienone is 1. The van der Waals surface area contributed by atoms with Gasteiger partial charge in [-0.3, -0.25) is 9.67 Å². The average molecular weight is 231 g/mol. The van der Waals surface area contributed by atoms with E-state index in [1.54, 1.807) is 0 Å². The molecule has 0 spiro atoms. The highest BCUT2D eigenvalue weighted by Gasteiger charge is 2.28. The van der Waals surface area contributed by atoms with E-state index < -0.39 is 0 Å². The molecule has 0 aliphatic carbocycles. The highest BCUT2D eigenvalue weighted by atomic mass is 15.2. The number of aryl methyl sites for hydroxylation is 1. The van der Waals surface area contributed by atoms with E-state index >= 15 is 0 Å². The summed E-state index contributed by atoms with van der Waals surface area (Å²) in [5.74, 6) is 0.665. The van der Waals surface area contributed by atoms with Gasteiger partial charge in [-0.2, -0.15) is 5.10 Å². The molecule has 0 aromatic carbocycles. The van der Waals surface area contributed by atoms with Crippen molar-refractivity contribution in [1.82, 2.24) is 9.78 Å². The molecule has 1 aliphatic rings. The fourth-order valence-electron chi connectivity index (χ4n) is 2.29. The lowest BCUT2D eigenvalue weighted by molar-refractivity contribution is 0.506. The Bertz CT molecular complexity index is 454. The fourth-order valence-corrected chi connectivity index (χ4v) is 2.29. The monoisotopic (exact) mass is 231 g/mol.